The zero-order valence-electron chi connectivity index (χ0n) is 10.7. The van der Waals surface area contributed by atoms with Gasteiger partial charge in [-0.3, -0.25) is 9.59 Å². The number of hydrogen-bond donors (Lipinski definition) is 0. The number of carbonyl (C=O) groups excluding carboxylic acids is 2. The Morgan fingerprint density at radius 3 is 2.10 bits per heavy atom. The first-order chi connectivity index (χ1) is 9.70. The molecule has 102 valence electrons. The summed E-state index contributed by atoms with van der Waals surface area (Å²) >= 11 is 5.80. The summed E-state index contributed by atoms with van der Waals surface area (Å²) in [6, 6.07) is 14.9. The van der Waals surface area contributed by atoms with E-state index in [4.69, 9.17) is 11.6 Å². The summed E-state index contributed by atoms with van der Waals surface area (Å²) in [7, 11) is 0. The lowest BCUT2D eigenvalue weighted by atomic mass is 10.0. The van der Waals surface area contributed by atoms with Crippen LogP contribution in [0.15, 0.2) is 48.5 Å². The molecule has 0 bridgehead atoms. The third-order valence-electron chi connectivity index (χ3n) is 2.77. The van der Waals surface area contributed by atoms with Gasteiger partial charge in [-0.05, 0) is 23.3 Å². The SMILES string of the molecule is O=C1COC1.O=Cc1ccccc1-c1ccc(Cl)cc1. The van der Waals surface area contributed by atoms with Crippen molar-refractivity contribution in [2.75, 3.05) is 13.2 Å². The normalized spacial score (nSPS) is 12.9. The number of ether oxygens (including phenoxy) is 1. The van der Waals surface area contributed by atoms with E-state index in [9.17, 15) is 9.59 Å². The van der Waals surface area contributed by atoms with Crippen molar-refractivity contribution in [1.82, 2.24) is 0 Å². The highest BCUT2D eigenvalue weighted by molar-refractivity contribution is 6.30. The van der Waals surface area contributed by atoms with Gasteiger partial charge >= 0.3 is 0 Å². The molecule has 1 aliphatic heterocycles. The van der Waals surface area contributed by atoms with Crippen molar-refractivity contribution in [3.05, 3.63) is 59.1 Å². The van der Waals surface area contributed by atoms with Gasteiger partial charge in [-0.1, -0.05) is 48.0 Å². The Balaban J connectivity index is 0.000000247. The van der Waals surface area contributed by atoms with Crippen LogP contribution in [-0.4, -0.2) is 25.3 Å². The van der Waals surface area contributed by atoms with Gasteiger partial charge in [0.05, 0.1) is 0 Å². The summed E-state index contributed by atoms with van der Waals surface area (Å²) in [5, 5.41) is 0.697. The number of hydrogen-bond acceptors (Lipinski definition) is 3. The summed E-state index contributed by atoms with van der Waals surface area (Å²) in [6.07, 6.45) is 0.865. The molecule has 0 atom stereocenters. The van der Waals surface area contributed by atoms with E-state index < -0.39 is 0 Å². The van der Waals surface area contributed by atoms with Crippen LogP contribution in [-0.2, 0) is 9.53 Å². The summed E-state index contributed by atoms with van der Waals surface area (Å²) in [6.45, 7) is 0.694. The Morgan fingerprint density at radius 1 is 1.00 bits per heavy atom. The van der Waals surface area contributed by atoms with Crippen molar-refractivity contribution in [1.29, 1.82) is 0 Å². The fourth-order valence-electron chi connectivity index (χ4n) is 1.68. The van der Waals surface area contributed by atoms with E-state index in [0.717, 1.165) is 17.4 Å². The molecule has 0 radical (unpaired) electrons. The molecule has 20 heavy (non-hydrogen) atoms. The molecule has 1 saturated heterocycles. The van der Waals surface area contributed by atoms with Crippen molar-refractivity contribution < 1.29 is 14.3 Å². The number of carbonyl (C=O) groups is 2. The Kier molecular flexibility index (Phi) is 5.04. The summed E-state index contributed by atoms with van der Waals surface area (Å²) in [5.74, 6) is 0.213. The number of benzene rings is 2. The van der Waals surface area contributed by atoms with Gasteiger partial charge in [-0.15, -0.1) is 0 Å². The predicted octanol–water partition coefficient (Wildman–Crippen LogP) is 3.41. The van der Waals surface area contributed by atoms with Crippen LogP contribution in [0.1, 0.15) is 10.4 Å². The molecule has 1 heterocycles. The van der Waals surface area contributed by atoms with Crippen molar-refractivity contribution in [2.45, 2.75) is 0 Å². The van der Waals surface area contributed by atoms with Gasteiger partial charge in [-0.2, -0.15) is 0 Å². The lowest BCUT2D eigenvalue weighted by molar-refractivity contribution is -0.140. The average Bonchev–Trinajstić information content (AvgIpc) is 2.46. The third kappa shape index (κ3) is 3.76. The minimum atomic E-state index is 0.213. The Hall–Kier alpha value is -1.97. The van der Waals surface area contributed by atoms with Crippen molar-refractivity contribution in [3.63, 3.8) is 0 Å². The molecule has 0 aliphatic carbocycles. The molecule has 3 rings (SSSR count). The van der Waals surface area contributed by atoms with Gasteiger partial charge in [0.1, 0.15) is 13.2 Å². The van der Waals surface area contributed by atoms with E-state index in [-0.39, 0.29) is 5.78 Å². The number of rotatable bonds is 2. The van der Waals surface area contributed by atoms with Crippen LogP contribution in [0, 0.1) is 0 Å². The highest BCUT2D eigenvalue weighted by atomic mass is 35.5. The lowest BCUT2D eigenvalue weighted by Crippen LogP contribution is -2.26. The Bertz CT molecular complexity index is 599. The second kappa shape index (κ2) is 6.98. The van der Waals surface area contributed by atoms with Crippen LogP contribution in [0.4, 0.5) is 0 Å². The molecular formula is C16H13ClO3. The van der Waals surface area contributed by atoms with Crippen LogP contribution < -0.4 is 0 Å². The summed E-state index contributed by atoms with van der Waals surface area (Å²) in [5.41, 5.74) is 2.63. The van der Waals surface area contributed by atoms with Crippen molar-refractivity contribution in [3.8, 4) is 11.1 Å². The molecule has 0 aromatic heterocycles. The molecule has 0 amide bonds. The van der Waals surface area contributed by atoms with E-state index in [1.54, 1.807) is 6.07 Å². The fourth-order valence-corrected chi connectivity index (χ4v) is 1.80. The molecule has 3 nitrogen and oxygen atoms in total. The summed E-state index contributed by atoms with van der Waals surface area (Å²) < 4.78 is 4.48. The zero-order valence-corrected chi connectivity index (χ0v) is 11.5. The van der Waals surface area contributed by atoms with Crippen LogP contribution in [0.25, 0.3) is 11.1 Å². The maximum atomic E-state index is 10.8. The maximum absolute atomic E-state index is 10.8. The second-order valence-electron chi connectivity index (χ2n) is 4.24. The second-order valence-corrected chi connectivity index (χ2v) is 4.68. The number of aldehydes is 1. The molecule has 1 fully saturated rings. The van der Waals surface area contributed by atoms with Crippen LogP contribution in [0.5, 0.6) is 0 Å². The maximum Gasteiger partial charge on any atom is 0.184 e. The highest BCUT2D eigenvalue weighted by Crippen LogP contribution is 2.23. The number of halogens is 1. The molecule has 0 spiro atoms. The molecule has 0 N–H and O–H groups in total. The van der Waals surface area contributed by atoms with Crippen LogP contribution in [0.3, 0.4) is 0 Å². The minimum absolute atomic E-state index is 0.213. The number of ketones is 1. The molecular weight excluding hydrogens is 276 g/mol. The Morgan fingerprint density at radius 2 is 1.60 bits per heavy atom. The van der Waals surface area contributed by atoms with Crippen LogP contribution >= 0.6 is 11.6 Å². The largest absolute Gasteiger partial charge is 0.366 e. The van der Waals surface area contributed by atoms with Gasteiger partial charge in [-0.25, -0.2) is 0 Å². The zero-order chi connectivity index (χ0) is 14.4. The van der Waals surface area contributed by atoms with Crippen molar-refractivity contribution in [2.24, 2.45) is 0 Å². The first-order valence-electron chi connectivity index (χ1n) is 6.10. The standard InChI is InChI=1S/C13H9ClO.C3H4O2/c14-12-7-5-10(6-8-12)13-4-2-1-3-11(13)9-15;4-3-1-5-2-3/h1-9H;1-2H2. The Labute approximate surface area is 122 Å². The topological polar surface area (TPSA) is 43.4 Å². The van der Waals surface area contributed by atoms with Gasteiger partial charge < -0.3 is 4.74 Å². The highest BCUT2D eigenvalue weighted by Gasteiger charge is 2.10. The third-order valence-corrected chi connectivity index (χ3v) is 3.02. The number of Topliss-reactive ketones (excluding diaryl/α,β-unsaturated/α-hetero) is 1. The van der Waals surface area contributed by atoms with E-state index in [1.807, 2.05) is 42.5 Å². The van der Waals surface area contributed by atoms with Gasteiger partial charge in [0.25, 0.3) is 0 Å². The van der Waals surface area contributed by atoms with E-state index in [2.05, 4.69) is 4.74 Å². The van der Waals surface area contributed by atoms with Gasteiger partial charge in [0.2, 0.25) is 0 Å². The fraction of sp³-hybridized carbons (Fsp3) is 0.125. The van der Waals surface area contributed by atoms with Crippen LogP contribution in [0.2, 0.25) is 5.02 Å². The quantitative estimate of drug-likeness (QED) is 0.796. The van der Waals surface area contributed by atoms with Gasteiger partial charge in [0.15, 0.2) is 12.1 Å². The molecule has 4 heteroatoms. The van der Waals surface area contributed by atoms with E-state index in [0.29, 0.717) is 23.8 Å². The first-order valence-corrected chi connectivity index (χ1v) is 6.48. The lowest BCUT2D eigenvalue weighted by Gasteiger charge is -2.07. The van der Waals surface area contributed by atoms with Gasteiger partial charge in [0, 0.05) is 10.6 Å². The average molecular weight is 289 g/mol. The van der Waals surface area contributed by atoms with E-state index >= 15 is 0 Å². The van der Waals surface area contributed by atoms with E-state index in [1.165, 1.54) is 0 Å². The van der Waals surface area contributed by atoms with Crippen molar-refractivity contribution >= 4 is 23.7 Å². The summed E-state index contributed by atoms with van der Waals surface area (Å²) in [4.78, 5) is 20.6. The first kappa shape index (κ1) is 14.4. The monoisotopic (exact) mass is 288 g/mol. The molecule has 1 aliphatic rings. The molecule has 0 saturated carbocycles. The minimum Gasteiger partial charge on any atom is -0.366 e. The predicted molar refractivity (Wildman–Crippen MR) is 78.1 cm³/mol. The molecule has 2 aromatic rings. The molecule has 0 unspecified atom stereocenters. The molecule has 2 aromatic carbocycles. The smallest absolute Gasteiger partial charge is 0.184 e.